The minimum atomic E-state index is -0.212. The van der Waals surface area contributed by atoms with E-state index in [0.717, 1.165) is 37.9 Å². The van der Waals surface area contributed by atoms with E-state index in [1.165, 1.54) is 25.0 Å². The Labute approximate surface area is 126 Å². The molecule has 1 fully saturated rings. The number of hydrogen-bond acceptors (Lipinski definition) is 2. The first-order valence-electron chi connectivity index (χ1n) is 7.89. The van der Waals surface area contributed by atoms with Gasteiger partial charge in [-0.25, -0.2) is 4.39 Å². The summed E-state index contributed by atoms with van der Waals surface area (Å²) in [5, 5.41) is 3.03. The second-order valence-corrected chi connectivity index (χ2v) is 5.76. The van der Waals surface area contributed by atoms with Crippen LogP contribution in [0.15, 0.2) is 24.3 Å². The van der Waals surface area contributed by atoms with E-state index in [9.17, 15) is 9.18 Å². The highest BCUT2D eigenvalue weighted by atomic mass is 19.1. The zero-order chi connectivity index (χ0) is 15.1. The lowest BCUT2D eigenvalue weighted by Crippen LogP contribution is -2.41. The van der Waals surface area contributed by atoms with Crippen molar-refractivity contribution in [2.24, 2.45) is 0 Å². The summed E-state index contributed by atoms with van der Waals surface area (Å²) < 4.78 is 12.9. The van der Waals surface area contributed by atoms with E-state index in [4.69, 9.17) is 0 Å². The Kier molecular flexibility index (Phi) is 6.18. The SMILES string of the molecule is CNCCC(=O)N(CCc1ccc(F)cc1)C1CCCC1. The van der Waals surface area contributed by atoms with Gasteiger partial charge in [0, 0.05) is 25.6 Å². The van der Waals surface area contributed by atoms with E-state index in [1.807, 2.05) is 11.9 Å². The van der Waals surface area contributed by atoms with Gasteiger partial charge >= 0.3 is 0 Å². The van der Waals surface area contributed by atoms with Crippen molar-refractivity contribution in [1.82, 2.24) is 10.2 Å². The molecule has 0 aromatic heterocycles. The van der Waals surface area contributed by atoms with Crippen molar-refractivity contribution >= 4 is 5.91 Å². The first-order valence-corrected chi connectivity index (χ1v) is 7.89. The van der Waals surface area contributed by atoms with Crippen LogP contribution in [0.3, 0.4) is 0 Å². The number of carbonyl (C=O) groups excluding carboxylic acids is 1. The van der Waals surface area contributed by atoms with E-state index in [-0.39, 0.29) is 11.7 Å². The number of halogens is 1. The highest BCUT2D eigenvalue weighted by Gasteiger charge is 2.25. The van der Waals surface area contributed by atoms with Crippen molar-refractivity contribution in [3.8, 4) is 0 Å². The number of nitrogens with zero attached hydrogens (tertiary/aromatic N) is 1. The molecule has 0 radical (unpaired) electrons. The van der Waals surface area contributed by atoms with Crippen molar-refractivity contribution < 1.29 is 9.18 Å². The Morgan fingerprint density at radius 3 is 2.57 bits per heavy atom. The number of nitrogens with one attached hydrogen (secondary N) is 1. The van der Waals surface area contributed by atoms with Crippen LogP contribution in [0.1, 0.15) is 37.7 Å². The molecule has 1 N–H and O–H groups in total. The molecular formula is C17H25FN2O. The van der Waals surface area contributed by atoms with Gasteiger partial charge in [0.05, 0.1) is 0 Å². The highest BCUT2D eigenvalue weighted by molar-refractivity contribution is 5.76. The minimum Gasteiger partial charge on any atom is -0.339 e. The molecule has 0 aliphatic heterocycles. The molecule has 0 heterocycles. The molecule has 4 heteroatoms. The van der Waals surface area contributed by atoms with Crippen molar-refractivity contribution in [2.45, 2.75) is 44.6 Å². The van der Waals surface area contributed by atoms with E-state index >= 15 is 0 Å². The molecule has 1 aromatic carbocycles. The van der Waals surface area contributed by atoms with E-state index < -0.39 is 0 Å². The maximum atomic E-state index is 12.9. The summed E-state index contributed by atoms with van der Waals surface area (Å²) in [6.07, 6.45) is 6.02. The maximum absolute atomic E-state index is 12.9. The molecule has 2 rings (SSSR count). The summed E-state index contributed by atoms with van der Waals surface area (Å²) in [7, 11) is 1.87. The number of hydrogen-bond donors (Lipinski definition) is 1. The fourth-order valence-electron chi connectivity index (χ4n) is 3.00. The first-order chi connectivity index (χ1) is 10.2. The lowest BCUT2D eigenvalue weighted by Gasteiger charge is -2.29. The topological polar surface area (TPSA) is 32.3 Å². The molecular weight excluding hydrogens is 267 g/mol. The van der Waals surface area contributed by atoms with Crippen molar-refractivity contribution in [3.05, 3.63) is 35.6 Å². The van der Waals surface area contributed by atoms with Gasteiger partial charge in [0.25, 0.3) is 0 Å². The Bertz CT molecular complexity index is 441. The van der Waals surface area contributed by atoms with Crippen LogP contribution in [0, 0.1) is 5.82 Å². The largest absolute Gasteiger partial charge is 0.339 e. The molecule has 0 unspecified atom stereocenters. The zero-order valence-electron chi connectivity index (χ0n) is 12.8. The van der Waals surface area contributed by atoms with Gasteiger partial charge in [-0.3, -0.25) is 4.79 Å². The average molecular weight is 292 g/mol. The van der Waals surface area contributed by atoms with Gasteiger partial charge in [-0.1, -0.05) is 25.0 Å². The van der Waals surface area contributed by atoms with Crippen molar-refractivity contribution in [2.75, 3.05) is 20.1 Å². The van der Waals surface area contributed by atoms with Crippen LogP contribution in [-0.2, 0) is 11.2 Å². The van der Waals surface area contributed by atoms with Crippen LogP contribution in [0.25, 0.3) is 0 Å². The van der Waals surface area contributed by atoms with Gasteiger partial charge in [-0.2, -0.15) is 0 Å². The molecule has 0 saturated heterocycles. The van der Waals surface area contributed by atoms with Crippen LogP contribution in [0.4, 0.5) is 4.39 Å². The molecule has 116 valence electrons. The van der Waals surface area contributed by atoms with Crippen LogP contribution in [0.2, 0.25) is 0 Å². The number of amides is 1. The van der Waals surface area contributed by atoms with Gasteiger partial charge in [0.1, 0.15) is 5.82 Å². The lowest BCUT2D eigenvalue weighted by atomic mass is 10.1. The molecule has 0 bridgehead atoms. The van der Waals surface area contributed by atoms with Gasteiger partial charge in [-0.15, -0.1) is 0 Å². The van der Waals surface area contributed by atoms with Gasteiger partial charge in [0.2, 0.25) is 5.91 Å². The molecule has 1 saturated carbocycles. The minimum absolute atomic E-state index is 0.212. The smallest absolute Gasteiger partial charge is 0.224 e. The Morgan fingerprint density at radius 2 is 1.95 bits per heavy atom. The third-order valence-corrected chi connectivity index (χ3v) is 4.23. The van der Waals surface area contributed by atoms with Crippen molar-refractivity contribution in [1.29, 1.82) is 0 Å². The number of benzene rings is 1. The van der Waals surface area contributed by atoms with E-state index in [2.05, 4.69) is 5.32 Å². The molecule has 0 atom stereocenters. The second kappa shape index (κ2) is 8.13. The van der Waals surface area contributed by atoms with Crippen LogP contribution < -0.4 is 5.32 Å². The van der Waals surface area contributed by atoms with Crippen LogP contribution in [0.5, 0.6) is 0 Å². The average Bonchev–Trinajstić information content (AvgIpc) is 3.01. The summed E-state index contributed by atoms with van der Waals surface area (Å²) in [6.45, 7) is 1.46. The Balaban J connectivity index is 1.94. The second-order valence-electron chi connectivity index (χ2n) is 5.76. The summed E-state index contributed by atoms with van der Waals surface area (Å²) in [5.74, 6) is 0.0230. The van der Waals surface area contributed by atoms with Gasteiger partial charge in [-0.05, 0) is 44.0 Å². The van der Waals surface area contributed by atoms with Crippen LogP contribution >= 0.6 is 0 Å². The van der Waals surface area contributed by atoms with Crippen LogP contribution in [-0.4, -0.2) is 37.0 Å². The highest BCUT2D eigenvalue weighted by Crippen LogP contribution is 2.24. The molecule has 3 nitrogen and oxygen atoms in total. The molecule has 1 amide bonds. The third kappa shape index (κ3) is 4.81. The summed E-state index contributed by atoms with van der Waals surface area (Å²) in [5.41, 5.74) is 1.08. The number of rotatable bonds is 7. The quantitative estimate of drug-likeness (QED) is 0.838. The maximum Gasteiger partial charge on any atom is 0.224 e. The predicted octanol–water partition coefficient (Wildman–Crippen LogP) is 2.75. The Hall–Kier alpha value is -1.42. The van der Waals surface area contributed by atoms with E-state index in [1.54, 1.807) is 12.1 Å². The normalized spacial score (nSPS) is 15.3. The lowest BCUT2D eigenvalue weighted by molar-refractivity contribution is -0.133. The Morgan fingerprint density at radius 1 is 1.29 bits per heavy atom. The van der Waals surface area contributed by atoms with E-state index in [0.29, 0.717) is 12.5 Å². The fraction of sp³-hybridized carbons (Fsp3) is 0.588. The summed E-state index contributed by atoms with van der Waals surface area (Å²) >= 11 is 0. The predicted molar refractivity (Wildman–Crippen MR) is 82.6 cm³/mol. The van der Waals surface area contributed by atoms with Gasteiger partial charge in [0.15, 0.2) is 0 Å². The molecule has 0 spiro atoms. The number of carbonyl (C=O) groups is 1. The molecule has 1 aliphatic carbocycles. The first kappa shape index (κ1) is 16.0. The van der Waals surface area contributed by atoms with Gasteiger partial charge < -0.3 is 10.2 Å². The monoisotopic (exact) mass is 292 g/mol. The third-order valence-electron chi connectivity index (χ3n) is 4.23. The molecule has 1 aromatic rings. The van der Waals surface area contributed by atoms with Crippen molar-refractivity contribution in [3.63, 3.8) is 0 Å². The molecule has 21 heavy (non-hydrogen) atoms. The zero-order valence-corrected chi connectivity index (χ0v) is 12.8. The summed E-state index contributed by atoms with van der Waals surface area (Å²) in [4.78, 5) is 14.4. The fourth-order valence-corrected chi connectivity index (χ4v) is 3.00. The summed E-state index contributed by atoms with van der Waals surface area (Å²) in [6, 6.07) is 6.98. The standard InChI is InChI=1S/C17H25FN2O/c1-19-12-10-17(21)20(16-4-2-3-5-16)13-11-14-6-8-15(18)9-7-14/h6-9,16,19H,2-5,10-13H2,1H3. The molecule has 1 aliphatic rings.